The predicted octanol–water partition coefficient (Wildman–Crippen LogP) is 3.68. The van der Waals surface area contributed by atoms with E-state index in [1.807, 2.05) is 30.3 Å². The van der Waals surface area contributed by atoms with Crippen molar-refractivity contribution in [1.82, 2.24) is 10.2 Å². The molecule has 1 fully saturated rings. The third-order valence-corrected chi connectivity index (χ3v) is 5.17. The third kappa shape index (κ3) is 3.79. The maximum Gasteiger partial charge on any atom is 0.287 e. The Morgan fingerprint density at radius 1 is 1.14 bits per heavy atom. The molecule has 5 nitrogen and oxygen atoms in total. The van der Waals surface area contributed by atoms with Crippen LogP contribution in [0.4, 0.5) is 4.39 Å². The average molecular weight is 382 g/mol. The van der Waals surface area contributed by atoms with Gasteiger partial charge in [0.1, 0.15) is 0 Å². The van der Waals surface area contributed by atoms with Gasteiger partial charge >= 0.3 is 0 Å². The fourth-order valence-corrected chi connectivity index (χ4v) is 3.61. The van der Waals surface area contributed by atoms with Gasteiger partial charge < -0.3 is 14.5 Å². The number of carbonyl (C=O) groups is 1. The van der Waals surface area contributed by atoms with Crippen LogP contribution < -0.4 is 5.32 Å². The molecule has 1 atom stereocenters. The fraction of sp³-hybridized carbons (Fsp3) is 0.318. The monoisotopic (exact) mass is 382 g/mol. The largest absolute Gasteiger partial charge is 0.448 e. The molecule has 1 amide bonds. The Balaban J connectivity index is 1.60. The molecule has 2 heterocycles. The Morgan fingerprint density at radius 2 is 1.89 bits per heavy atom. The first-order chi connectivity index (χ1) is 13.6. The summed E-state index contributed by atoms with van der Waals surface area (Å²) in [4.78, 5) is 15.3. The zero-order valence-electron chi connectivity index (χ0n) is 15.8. The van der Waals surface area contributed by atoms with E-state index in [1.54, 1.807) is 19.1 Å². The minimum absolute atomic E-state index is 0.120. The molecule has 28 heavy (non-hydrogen) atoms. The number of hydrogen-bond donors (Lipinski definition) is 1. The lowest BCUT2D eigenvalue weighted by atomic mass is 10.1. The Morgan fingerprint density at radius 3 is 2.61 bits per heavy atom. The minimum atomic E-state index is -0.465. The molecular formula is C22H23FN2O3. The molecule has 3 aromatic rings. The van der Waals surface area contributed by atoms with E-state index in [0.29, 0.717) is 30.7 Å². The molecule has 0 bridgehead atoms. The summed E-state index contributed by atoms with van der Waals surface area (Å²) in [6.07, 6.45) is 0. The van der Waals surface area contributed by atoms with Gasteiger partial charge in [0.25, 0.3) is 5.91 Å². The number of ether oxygens (including phenoxy) is 1. The molecule has 6 heteroatoms. The Labute approximate surface area is 163 Å². The highest BCUT2D eigenvalue weighted by Crippen LogP contribution is 2.28. The number of nitrogens with one attached hydrogen (secondary N) is 1. The zero-order valence-corrected chi connectivity index (χ0v) is 15.8. The van der Waals surface area contributed by atoms with Gasteiger partial charge in [-0.3, -0.25) is 9.69 Å². The zero-order chi connectivity index (χ0) is 19.5. The van der Waals surface area contributed by atoms with E-state index >= 15 is 0 Å². The molecule has 1 aromatic heterocycles. The van der Waals surface area contributed by atoms with E-state index in [1.165, 1.54) is 6.07 Å². The second kappa shape index (κ2) is 8.12. The van der Waals surface area contributed by atoms with Gasteiger partial charge in [0.15, 0.2) is 17.2 Å². The standard InChI is InChI=1S/C22H23FN2O3/c1-15-17-8-5-9-18(23)21(17)28-20(15)22(26)24-19(16-6-3-2-4-7-16)14-25-10-12-27-13-11-25/h2-9,19H,10-14H2,1H3,(H,24,26). The number of fused-ring (bicyclic) bond motifs is 1. The van der Waals surface area contributed by atoms with Crippen molar-refractivity contribution < 1.29 is 18.3 Å². The predicted molar refractivity (Wildman–Crippen MR) is 105 cm³/mol. The molecule has 0 aliphatic carbocycles. The summed E-state index contributed by atoms with van der Waals surface area (Å²) in [5.74, 6) is -0.647. The van der Waals surface area contributed by atoms with Crippen LogP contribution in [-0.4, -0.2) is 43.7 Å². The third-order valence-electron chi connectivity index (χ3n) is 5.17. The van der Waals surface area contributed by atoms with Gasteiger partial charge in [-0.15, -0.1) is 0 Å². The maximum atomic E-state index is 14.0. The van der Waals surface area contributed by atoms with Crippen molar-refractivity contribution in [2.24, 2.45) is 0 Å². The first-order valence-electron chi connectivity index (χ1n) is 9.47. The summed E-state index contributed by atoms with van der Waals surface area (Å²) in [5.41, 5.74) is 1.78. The summed E-state index contributed by atoms with van der Waals surface area (Å²) in [6, 6.07) is 14.4. The van der Waals surface area contributed by atoms with Gasteiger partial charge in [0.2, 0.25) is 0 Å². The molecule has 0 radical (unpaired) electrons. The molecule has 0 spiro atoms. The van der Waals surface area contributed by atoms with Crippen LogP contribution in [0.15, 0.2) is 52.9 Å². The van der Waals surface area contributed by atoms with E-state index in [2.05, 4.69) is 10.2 Å². The Hall–Kier alpha value is -2.70. The van der Waals surface area contributed by atoms with Crippen molar-refractivity contribution in [2.45, 2.75) is 13.0 Å². The van der Waals surface area contributed by atoms with Gasteiger partial charge in [0.05, 0.1) is 19.3 Å². The number of carbonyl (C=O) groups excluding carboxylic acids is 1. The van der Waals surface area contributed by atoms with Crippen LogP contribution in [0.1, 0.15) is 27.7 Å². The van der Waals surface area contributed by atoms with Gasteiger partial charge in [-0.05, 0) is 18.6 Å². The highest BCUT2D eigenvalue weighted by molar-refractivity contribution is 5.99. The first kappa shape index (κ1) is 18.7. The van der Waals surface area contributed by atoms with Gasteiger partial charge in [0, 0.05) is 30.6 Å². The highest BCUT2D eigenvalue weighted by Gasteiger charge is 2.24. The number of benzene rings is 2. The number of halogens is 1. The summed E-state index contributed by atoms with van der Waals surface area (Å²) in [7, 11) is 0. The van der Waals surface area contributed by atoms with Crippen molar-refractivity contribution in [2.75, 3.05) is 32.8 Å². The first-order valence-corrected chi connectivity index (χ1v) is 9.47. The minimum Gasteiger partial charge on any atom is -0.448 e. The van der Waals surface area contributed by atoms with Gasteiger partial charge in [-0.25, -0.2) is 4.39 Å². The number of morpholine rings is 1. The maximum absolute atomic E-state index is 14.0. The SMILES string of the molecule is Cc1c(C(=O)NC(CN2CCOCC2)c2ccccc2)oc2c(F)cccc12. The normalized spacial score (nSPS) is 16.2. The van der Waals surface area contributed by atoms with Crippen LogP contribution in [0.25, 0.3) is 11.0 Å². The summed E-state index contributed by atoms with van der Waals surface area (Å²) >= 11 is 0. The lowest BCUT2D eigenvalue weighted by Crippen LogP contribution is -2.43. The van der Waals surface area contributed by atoms with E-state index in [4.69, 9.17) is 9.15 Å². The molecule has 0 saturated carbocycles. The number of hydrogen-bond acceptors (Lipinski definition) is 4. The number of nitrogens with zero attached hydrogens (tertiary/aromatic N) is 1. The molecule has 1 aliphatic rings. The van der Waals surface area contributed by atoms with E-state index in [0.717, 1.165) is 18.7 Å². The van der Waals surface area contributed by atoms with E-state index < -0.39 is 5.82 Å². The van der Waals surface area contributed by atoms with Crippen LogP contribution in [0.3, 0.4) is 0 Å². The molecule has 1 aliphatic heterocycles. The van der Waals surface area contributed by atoms with Crippen LogP contribution >= 0.6 is 0 Å². The van der Waals surface area contributed by atoms with Crippen LogP contribution in [0.5, 0.6) is 0 Å². The second-order valence-corrected chi connectivity index (χ2v) is 7.02. The molecule has 2 aromatic carbocycles. The fourth-order valence-electron chi connectivity index (χ4n) is 3.61. The molecule has 1 N–H and O–H groups in total. The lowest BCUT2D eigenvalue weighted by molar-refractivity contribution is 0.0331. The van der Waals surface area contributed by atoms with Crippen LogP contribution in [0.2, 0.25) is 0 Å². The van der Waals surface area contributed by atoms with Crippen molar-refractivity contribution in [3.63, 3.8) is 0 Å². The van der Waals surface area contributed by atoms with Crippen molar-refractivity contribution in [3.05, 3.63) is 71.2 Å². The van der Waals surface area contributed by atoms with Crippen molar-refractivity contribution in [3.8, 4) is 0 Å². The molecular weight excluding hydrogens is 359 g/mol. The average Bonchev–Trinajstić information content (AvgIpc) is 3.07. The summed E-state index contributed by atoms with van der Waals surface area (Å²) < 4.78 is 25.1. The van der Waals surface area contributed by atoms with E-state index in [-0.39, 0.29) is 23.3 Å². The number of aryl methyl sites for hydroxylation is 1. The van der Waals surface area contributed by atoms with E-state index in [9.17, 15) is 9.18 Å². The number of rotatable bonds is 5. The smallest absolute Gasteiger partial charge is 0.287 e. The Kier molecular flexibility index (Phi) is 5.41. The number of furan rings is 1. The van der Waals surface area contributed by atoms with Gasteiger partial charge in [-0.1, -0.05) is 42.5 Å². The lowest BCUT2D eigenvalue weighted by Gasteiger charge is -2.31. The summed E-state index contributed by atoms with van der Waals surface area (Å²) in [6.45, 7) is 5.49. The highest BCUT2D eigenvalue weighted by atomic mass is 19.1. The van der Waals surface area contributed by atoms with Crippen molar-refractivity contribution in [1.29, 1.82) is 0 Å². The Bertz CT molecular complexity index is 965. The number of amides is 1. The topological polar surface area (TPSA) is 54.7 Å². The molecule has 1 saturated heterocycles. The van der Waals surface area contributed by atoms with Crippen LogP contribution in [0, 0.1) is 12.7 Å². The van der Waals surface area contributed by atoms with Crippen molar-refractivity contribution >= 4 is 16.9 Å². The quantitative estimate of drug-likeness (QED) is 0.731. The van der Waals surface area contributed by atoms with Crippen LogP contribution in [-0.2, 0) is 4.74 Å². The van der Waals surface area contributed by atoms with Gasteiger partial charge in [-0.2, -0.15) is 0 Å². The molecule has 4 rings (SSSR count). The second-order valence-electron chi connectivity index (χ2n) is 7.02. The molecule has 146 valence electrons. The summed E-state index contributed by atoms with van der Waals surface area (Å²) in [5, 5.41) is 3.70. The molecule has 1 unspecified atom stereocenters. The number of para-hydroxylation sites is 1.